The second kappa shape index (κ2) is 5.78. The predicted molar refractivity (Wildman–Crippen MR) is 72.1 cm³/mol. The second-order valence-electron chi connectivity index (χ2n) is 5.91. The Morgan fingerprint density at radius 2 is 1.88 bits per heavy atom. The molecule has 0 unspecified atom stereocenters. The molecule has 0 aliphatic carbocycles. The van der Waals surface area contributed by atoms with Gasteiger partial charge in [0.15, 0.2) is 8.32 Å². The lowest BCUT2D eigenvalue weighted by atomic mass is 10.0. The average molecular weight is 242 g/mol. The molecule has 0 heterocycles. The van der Waals surface area contributed by atoms with Crippen LogP contribution in [0.15, 0.2) is 12.7 Å². The van der Waals surface area contributed by atoms with Crippen molar-refractivity contribution in [1.82, 2.24) is 0 Å². The molecular weight excluding hydrogens is 216 g/mol. The molecule has 0 aliphatic rings. The fraction of sp³-hybridized carbons (Fsp3) is 0.769. The van der Waals surface area contributed by atoms with Gasteiger partial charge in [0.25, 0.3) is 0 Å². The molecule has 3 heteroatoms. The molecule has 0 saturated heterocycles. The highest BCUT2D eigenvalue weighted by Gasteiger charge is 2.39. The van der Waals surface area contributed by atoms with Crippen molar-refractivity contribution in [2.75, 3.05) is 0 Å². The zero-order chi connectivity index (χ0) is 13.0. The first-order chi connectivity index (χ1) is 7.15. The number of hydrogen-bond donors (Lipinski definition) is 0. The predicted octanol–water partition coefficient (Wildman–Crippen LogP) is 3.79. The van der Waals surface area contributed by atoms with Crippen molar-refractivity contribution in [2.45, 2.75) is 58.4 Å². The van der Waals surface area contributed by atoms with E-state index in [4.69, 9.17) is 4.43 Å². The van der Waals surface area contributed by atoms with Crippen LogP contribution in [0.25, 0.3) is 0 Å². The Morgan fingerprint density at radius 1 is 1.38 bits per heavy atom. The minimum atomic E-state index is -1.79. The molecule has 2 atom stereocenters. The maximum atomic E-state index is 10.7. The van der Waals surface area contributed by atoms with Crippen molar-refractivity contribution in [3.05, 3.63) is 12.7 Å². The average Bonchev–Trinajstić information content (AvgIpc) is 2.14. The summed E-state index contributed by atoms with van der Waals surface area (Å²) in [6.07, 6.45) is 3.25. The van der Waals surface area contributed by atoms with Crippen LogP contribution < -0.4 is 0 Å². The van der Waals surface area contributed by atoms with E-state index in [1.54, 1.807) is 0 Å². The summed E-state index contributed by atoms with van der Waals surface area (Å²) in [5.74, 6) is 0.222. The van der Waals surface area contributed by atoms with E-state index in [9.17, 15) is 4.79 Å². The van der Waals surface area contributed by atoms with E-state index in [1.165, 1.54) is 0 Å². The molecule has 0 spiro atoms. The summed E-state index contributed by atoms with van der Waals surface area (Å²) in [5, 5.41) is 0.176. The monoisotopic (exact) mass is 242 g/mol. The third-order valence-corrected chi connectivity index (χ3v) is 8.04. The quantitative estimate of drug-likeness (QED) is 0.402. The molecule has 0 aromatic rings. The molecule has 0 amide bonds. The van der Waals surface area contributed by atoms with Crippen LogP contribution in [0.4, 0.5) is 0 Å². The minimum absolute atomic E-state index is 0.0177. The summed E-state index contributed by atoms with van der Waals surface area (Å²) in [6.45, 7) is 16.9. The van der Waals surface area contributed by atoms with Gasteiger partial charge in [-0.1, -0.05) is 33.8 Å². The topological polar surface area (TPSA) is 26.3 Å². The van der Waals surface area contributed by atoms with E-state index in [1.807, 2.05) is 13.0 Å². The minimum Gasteiger partial charge on any atom is -0.413 e. The normalized spacial score (nSPS) is 16.6. The Balaban J connectivity index is 4.74. The highest BCUT2D eigenvalue weighted by molar-refractivity contribution is 6.74. The van der Waals surface area contributed by atoms with E-state index < -0.39 is 8.32 Å². The molecule has 0 rings (SSSR count). The molecule has 16 heavy (non-hydrogen) atoms. The van der Waals surface area contributed by atoms with Crippen molar-refractivity contribution >= 4 is 14.6 Å². The van der Waals surface area contributed by atoms with Crippen LogP contribution in [0.1, 0.15) is 34.1 Å². The van der Waals surface area contributed by atoms with Gasteiger partial charge < -0.3 is 9.22 Å². The molecule has 0 bridgehead atoms. The largest absolute Gasteiger partial charge is 0.413 e. The second-order valence-corrected chi connectivity index (χ2v) is 10.7. The van der Waals surface area contributed by atoms with E-state index in [0.29, 0.717) is 6.42 Å². The van der Waals surface area contributed by atoms with Gasteiger partial charge in [0.2, 0.25) is 0 Å². The molecule has 0 aromatic heterocycles. The highest BCUT2D eigenvalue weighted by atomic mass is 28.4. The molecule has 2 nitrogen and oxygen atoms in total. The van der Waals surface area contributed by atoms with E-state index in [2.05, 4.69) is 40.4 Å². The van der Waals surface area contributed by atoms with Crippen LogP contribution in [-0.4, -0.2) is 20.7 Å². The van der Waals surface area contributed by atoms with Crippen molar-refractivity contribution in [2.24, 2.45) is 5.92 Å². The highest BCUT2D eigenvalue weighted by Crippen LogP contribution is 2.38. The molecular formula is C13H26O2Si. The van der Waals surface area contributed by atoms with Gasteiger partial charge in [0.05, 0.1) is 6.10 Å². The number of rotatable bonds is 6. The van der Waals surface area contributed by atoms with Gasteiger partial charge in [0, 0.05) is 6.42 Å². The number of hydrogen-bond acceptors (Lipinski definition) is 2. The Kier molecular flexibility index (Phi) is 5.63. The molecule has 94 valence electrons. The summed E-state index contributed by atoms with van der Waals surface area (Å²) in [7, 11) is -1.79. The summed E-state index contributed by atoms with van der Waals surface area (Å²) in [5.41, 5.74) is 0. The molecule has 0 N–H and O–H groups in total. The third kappa shape index (κ3) is 4.22. The number of carbonyl (C=O) groups excluding carboxylic acids is 1. The lowest BCUT2D eigenvalue weighted by Crippen LogP contribution is -2.45. The first kappa shape index (κ1) is 15.6. The zero-order valence-corrected chi connectivity index (χ0v) is 12.5. The van der Waals surface area contributed by atoms with Gasteiger partial charge in [-0.3, -0.25) is 0 Å². The summed E-state index contributed by atoms with van der Waals surface area (Å²) >= 11 is 0. The SMILES string of the molecule is C=C[C@H](C)[C@@H](CC=O)O[Si](C)(C)C(C)(C)C. The maximum absolute atomic E-state index is 10.7. The van der Waals surface area contributed by atoms with Gasteiger partial charge in [0.1, 0.15) is 6.29 Å². The van der Waals surface area contributed by atoms with E-state index >= 15 is 0 Å². The van der Waals surface area contributed by atoms with Gasteiger partial charge in [-0.05, 0) is 24.1 Å². The van der Waals surface area contributed by atoms with Gasteiger partial charge in [-0.2, -0.15) is 0 Å². The third-order valence-electron chi connectivity index (χ3n) is 3.54. The van der Waals surface area contributed by atoms with Crippen LogP contribution in [0.2, 0.25) is 18.1 Å². The smallest absolute Gasteiger partial charge is 0.192 e. The van der Waals surface area contributed by atoms with Crippen molar-refractivity contribution in [3.63, 3.8) is 0 Å². The number of carbonyl (C=O) groups is 1. The summed E-state index contributed by atoms with van der Waals surface area (Å²) < 4.78 is 6.23. The van der Waals surface area contributed by atoms with Crippen molar-refractivity contribution < 1.29 is 9.22 Å². The molecule has 0 fully saturated rings. The molecule has 0 aromatic carbocycles. The Hall–Kier alpha value is -0.413. The fourth-order valence-corrected chi connectivity index (χ4v) is 2.59. The first-order valence-electron chi connectivity index (χ1n) is 5.89. The molecule has 0 radical (unpaired) electrons. The van der Waals surface area contributed by atoms with Crippen LogP contribution >= 0.6 is 0 Å². The van der Waals surface area contributed by atoms with Crippen LogP contribution in [0.3, 0.4) is 0 Å². The zero-order valence-electron chi connectivity index (χ0n) is 11.5. The Morgan fingerprint density at radius 3 is 2.19 bits per heavy atom. The number of aldehydes is 1. The Bertz CT molecular complexity index is 241. The molecule has 0 saturated carbocycles. The lowest BCUT2D eigenvalue weighted by Gasteiger charge is -2.40. The van der Waals surface area contributed by atoms with Crippen molar-refractivity contribution in [1.29, 1.82) is 0 Å². The van der Waals surface area contributed by atoms with Gasteiger partial charge in [-0.15, -0.1) is 6.58 Å². The lowest BCUT2D eigenvalue weighted by molar-refractivity contribution is -0.109. The van der Waals surface area contributed by atoms with E-state index in [0.717, 1.165) is 6.29 Å². The fourth-order valence-electron chi connectivity index (χ4n) is 1.17. The van der Waals surface area contributed by atoms with E-state index in [-0.39, 0.29) is 17.1 Å². The standard InChI is InChI=1S/C13H26O2Si/c1-8-11(2)12(9-10-14)15-16(6,7)13(3,4)5/h8,10-12H,1,9H2,2-7H3/t11-,12+/m0/s1. The van der Waals surface area contributed by atoms with Gasteiger partial charge in [-0.25, -0.2) is 0 Å². The van der Waals surface area contributed by atoms with Crippen molar-refractivity contribution in [3.8, 4) is 0 Å². The Labute approximate surface area is 101 Å². The van der Waals surface area contributed by atoms with Gasteiger partial charge >= 0.3 is 0 Å². The molecule has 0 aliphatic heterocycles. The maximum Gasteiger partial charge on any atom is 0.192 e. The van der Waals surface area contributed by atoms with Crippen LogP contribution in [0, 0.1) is 5.92 Å². The first-order valence-corrected chi connectivity index (χ1v) is 8.80. The van der Waals surface area contributed by atoms with Crippen LogP contribution in [0.5, 0.6) is 0 Å². The summed E-state index contributed by atoms with van der Waals surface area (Å²) in [6, 6.07) is 0. The van der Waals surface area contributed by atoms with Crippen LogP contribution in [-0.2, 0) is 9.22 Å². The summed E-state index contributed by atoms with van der Waals surface area (Å²) in [4.78, 5) is 10.7.